The number of hydrogen-bond acceptors (Lipinski definition) is 1. The molecule has 1 heterocycles. The maximum absolute atomic E-state index is 4.04. The van der Waals surface area contributed by atoms with Crippen LogP contribution in [0.3, 0.4) is 0 Å². The second-order valence-corrected chi connectivity index (χ2v) is 5.23. The summed E-state index contributed by atoms with van der Waals surface area (Å²) in [4.78, 5) is 2.44. The Kier molecular flexibility index (Phi) is 3.34. The van der Waals surface area contributed by atoms with E-state index >= 15 is 0 Å². The van der Waals surface area contributed by atoms with Crippen molar-refractivity contribution in [3.63, 3.8) is 0 Å². The van der Waals surface area contributed by atoms with E-state index in [-0.39, 0.29) is 0 Å². The van der Waals surface area contributed by atoms with E-state index in [2.05, 4.69) is 43.7 Å². The van der Waals surface area contributed by atoms with Crippen molar-refractivity contribution in [1.82, 2.24) is 4.90 Å². The molecule has 0 amide bonds. The van der Waals surface area contributed by atoms with Gasteiger partial charge >= 0.3 is 0 Å². The summed E-state index contributed by atoms with van der Waals surface area (Å²) in [5.74, 6) is 0. The monoisotopic (exact) mass is 217 g/mol. The van der Waals surface area contributed by atoms with E-state index < -0.39 is 0 Å². The summed E-state index contributed by atoms with van der Waals surface area (Å²) < 4.78 is 0. The van der Waals surface area contributed by atoms with Crippen LogP contribution in [-0.4, -0.2) is 25.0 Å². The summed E-state index contributed by atoms with van der Waals surface area (Å²) in [6.45, 7) is 8.62. The Balaban J connectivity index is 2.26. The molecule has 0 radical (unpaired) electrons. The molecule has 0 atom stereocenters. The fourth-order valence-corrected chi connectivity index (χ4v) is 3.27. The lowest BCUT2D eigenvalue weighted by Gasteiger charge is -2.39. The number of nitrogens with zero attached hydrogens (tertiary/aromatic N) is 1. The summed E-state index contributed by atoms with van der Waals surface area (Å²) in [5, 5.41) is 0. The fraction of sp³-hybridized carbons (Fsp3) is 0.600. The van der Waals surface area contributed by atoms with Gasteiger partial charge < -0.3 is 4.90 Å². The third-order valence-corrected chi connectivity index (χ3v) is 4.31. The van der Waals surface area contributed by atoms with Crippen molar-refractivity contribution in [2.45, 2.75) is 32.6 Å². The zero-order valence-corrected chi connectivity index (χ0v) is 10.6. The largest absolute Gasteiger partial charge is 0.306 e. The molecule has 0 aromatic carbocycles. The van der Waals surface area contributed by atoms with Crippen molar-refractivity contribution in [1.29, 1.82) is 0 Å². The number of hydrogen-bond donors (Lipinski definition) is 0. The van der Waals surface area contributed by atoms with Gasteiger partial charge in [0.15, 0.2) is 0 Å². The van der Waals surface area contributed by atoms with Crippen LogP contribution in [0.15, 0.2) is 36.0 Å². The van der Waals surface area contributed by atoms with E-state index in [1.807, 2.05) is 0 Å². The molecule has 0 saturated carbocycles. The third kappa shape index (κ3) is 1.89. The van der Waals surface area contributed by atoms with E-state index in [4.69, 9.17) is 0 Å². The molecular formula is C15H23N. The SMILES string of the molecule is C=CC1=C(/C=C\C)CCC12CCN(C)CC2. The van der Waals surface area contributed by atoms with Crippen LogP contribution in [-0.2, 0) is 0 Å². The molecular weight excluding hydrogens is 194 g/mol. The van der Waals surface area contributed by atoms with Gasteiger partial charge in [-0.05, 0) is 69.3 Å². The molecule has 1 saturated heterocycles. The topological polar surface area (TPSA) is 3.24 Å². The number of likely N-dealkylation sites (tertiary alicyclic amines) is 1. The molecule has 1 aliphatic carbocycles. The summed E-state index contributed by atoms with van der Waals surface area (Å²) in [6, 6.07) is 0. The highest BCUT2D eigenvalue weighted by molar-refractivity contribution is 5.42. The van der Waals surface area contributed by atoms with Gasteiger partial charge in [-0.1, -0.05) is 24.8 Å². The van der Waals surface area contributed by atoms with Crippen LogP contribution in [0.4, 0.5) is 0 Å². The van der Waals surface area contributed by atoms with Crippen LogP contribution in [0.1, 0.15) is 32.6 Å². The molecule has 1 heteroatoms. The number of rotatable bonds is 2. The Hall–Kier alpha value is -0.820. The van der Waals surface area contributed by atoms with Gasteiger partial charge in [0.1, 0.15) is 0 Å². The first-order valence-electron chi connectivity index (χ1n) is 6.39. The van der Waals surface area contributed by atoms with E-state index in [9.17, 15) is 0 Å². The minimum absolute atomic E-state index is 0.461. The Bertz CT molecular complexity index is 327. The van der Waals surface area contributed by atoms with Gasteiger partial charge in [0.25, 0.3) is 0 Å². The summed E-state index contributed by atoms with van der Waals surface area (Å²) in [5.41, 5.74) is 3.53. The zero-order valence-electron chi connectivity index (χ0n) is 10.6. The molecule has 0 aromatic heterocycles. The standard InChI is InChI=1S/C15H23N/c1-4-6-13-7-8-15(14(13)5-2)9-11-16(3)12-10-15/h4-6H,2,7-12H2,1,3H3/b6-4-. The van der Waals surface area contributed by atoms with Crippen molar-refractivity contribution in [3.8, 4) is 0 Å². The van der Waals surface area contributed by atoms with Crippen LogP contribution in [0.5, 0.6) is 0 Å². The quantitative estimate of drug-likeness (QED) is 0.683. The summed E-state index contributed by atoms with van der Waals surface area (Å²) >= 11 is 0. The van der Waals surface area contributed by atoms with Crippen molar-refractivity contribution < 1.29 is 0 Å². The van der Waals surface area contributed by atoms with Crippen LogP contribution in [0.25, 0.3) is 0 Å². The van der Waals surface area contributed by atoms with Gasteiger partial charge in [0.05, 0.1) is 0 Å². The maximum Gasteiger partial charge on any atom is -0.00133 e. The van der Waals surface area contributed by atoms with Gasteiger partial charge in [0, 0.05) is 0 Å². The normalized spacial score (nSPS) is 25.9. The molecule has 0 unspecified atom stereocenters. The van der Waals surface area contributed by atoms with Crippen molar-refractivity contribution in [3.05, 3.63) is 36.0 Å². The Morgan fingerprint density at radius 1 is 1.25 bits per heavy atom. The molecule has 0 N–H and O–H groups in total. The second kappa shape index (κ2) is 4.58. The van der Waals surface area contributed by atoms with Crippen LogP contribution < -0.4 is 0 Å². The van der Waals surface area contributed by atoms with Crippen LogP contribution in [0, 0.1) is 5.41 Å². The van der Waals surface area contributed by atoms with E-state index in [1.165, 1.54) is 44.3 Å². The molecule has 0 aromatic rings. The molecule has 1 fully saturated rings. The molecule has 1 aliphatic heterocycles. The first kappa shape index (κ1) is 11.7. The highest BCUT2D eigenvalue weighted by Crippen LogP contribution is 2.50. The third-order valence-electron chi connectivity index (χ3n) is 4.31. The molecule has 2 rings (SSSR count). The lowest BCUT2D eigenvalue weighted by molar-refractivity contribution is 0.157. The zero-order chi connectivity index (χ0) is 11.6. The fourth-order valence-electron chi connectivity index (χ4n) is 3.27. The Labute approximate surface area is 99.5 Å². The minimum Gasteiger partial charge on any atom is -0.306 e. The molecule has 16 heavy (non-hydrogen) atoms. The van der Waals surface area contributed by atoms with Gasteiger partial charge in [0.2, 0.25) is 0 Å². The van der Waals surface area contributed by atoms with Gasteiger partial charge in [-0.25, -0.2) is 0 Å². The Morgan fingerprint density at radius 3 is 2.50 bits per heavy atom. The molecule has 0 bridgehead atoms. The smallest absolute Gasteiger partial charge is 0.00133 e. The van der Waals surface area contributed by atoms with E-state index in [0.29, 0.717) is 5.41 Å². The van der Waals surface area contributed by atoms with Crippen LogP contribution >= 0.6 is 0 Å². The lowest BCUT2D eigenvalue weighted by atomic mass is 9.73. The average molecular weight is 217 g/mol. The van der Waals surface area contributed by atoms with Gasteiger partial charge in [-0.3, -0.25) is 0 Å². The van der Waals surface area contributed by atoms with Crippen molar-refractivity contribution >= 4 is 0 Å². The predicted octanol–water partition coefficient (Wildman–Crippen LogP) is 3.55. The highest BCUT2D eigenvalue weighted by Gasteiger charge is 2.40. The highest BCUT2D eigenvalue weighted by atomic mass is 15.1. The van der Waals surface area contributed by atoms with E-state index in [1.54, 1.807) is 5.57 Å². The van der Waals surface area contributed by atoms with E-state index in [0.717, 1.165) is 0 Å². The molecule has 1 nitrogen and oxygen atoms in total. The Morgan fingerprint density at radius 2 is 1.94 bits per heavy atom. The molecule has 88 valence electrons. The predicted molar refractivity (Wildman–Crippen MR) is 70.4 cm³/mol. The maximum atomic E-state index is 4.04. The van der Waals surface area contributed by atoms with Gasteiger partial charge in [-0.15, -0.1) is 0 Å². The molecule has 2 aliphatic rings. The van der Waals surface area contributed by atoms with Crippen LogP contribution in [0.2, 0.25) is 0 Å². The van der Waals surface area contributed by atoms with Crippen molar-refractivity contribution in [2.75, 3.05) is 20.1 Å². The first-order valence-corrected chi connectivity index (χ1v) is 6.39. The van der Waals surface area contributed by atoms with Crippen molar-refractivity contribution in [2.24, 2.45) is 5.41 Å². The summed E-state index contributed by atoms with van der Waals surface area (Å²) in [7, 11) is 2.23. The number of piperidine rings is 1. The summed E-state index contributed by atoms with van der Waals surface area (Å²) in [6.07, 6.45) is 11.8. The van der Waals surface area contributed by atoms with Gasteiger partial charge in [-0.2, -0.15) is 0 Å². The lowest BCUT2D eigenvalue weighted by Crippen LogP contribution is -2.37. The molecule has 1 spiro atoms. The second-order valence-electron chi connectivity index (χ2n) is 5.23. The average Bonchev–Trinajstić information content (AvgIpc) is 2.62. The first-order chi connectivity index (χ1) is 7.72. The number of allylic oxidation sites excluding steroid dienone is 5. The minimum atomic E-state index is 0.461.